The van der Waals surface area contributed by atoms with Gasteiger partial charge in [0.2, 0.25) is 0 Å². The topological polar surface area (TPSA) is 46.3 Å². The number of hydrogen-bond donors (Lipinski definition) is 1. The van der Waals surface area contributed by atoms with E-state index in [-0.39, 0.29) is 5.91 Å². The molecule has 1 aromatic heterocycles. The number of thioether (sulfide) groups is 1. The van der Waals surface area contributed by atoms with Gasteiger partial charge in [-0.25, -0.2) is 0 Å². The molecule has 0 radical (unpaired) electrons. The van der Waals surface area contributed by atoms with E-state index < -0.39 is 0 Å². The quantitative estimate of drug-likeness (QED) is 0.875. The molecule has 98 valence electrons. The molecule has 2 aromatic rings. The summed E-state index contributed by atoms with van der Waals surface area (Å²) in [6, 6.07) is 9.83. The summed E-state index contributed by atoms with van der Waals surface area (Å²) in [4.78, 5) is 17.3. The number of nitrogens with zero attached hydrogens (tertiary/aromatic N) is 1. The van der Waals surface area contributed by atoms with Crippen molar-refractivity contribution in [1.82, 2.24) is 0 Å². The molecule has 2 heterocycles. The third-order valence-corrected chi connectivity index (χ3v) is 5.24. The lowest BCUT2D eigenvalue weighted by atomic mass is 10.2. The molecule has 3 rings (SSSR count). The summed E-state index contributed by atoms with van der Waals surface area (Å²) in [5.74, 6) is 0.986. The first kappa shape index (κ1) is 12.6. The number of aryl methyl sites for hydroxylation is 1. The van der Waals surface area contributed by atoms with Crippen molar-refractivity contribution in [3.8, 4) is 0 Å². The standard InChI is InChI=1S/C14H14N2OS2/c1-9-10(15)8-13(19-9)14(17)16-6-7-18-12-5-3-2-4-11(12)16/h2-5,8H,6-7,15H2,1H3. The number of rotatable bonds is 1. The highest BCUT2D eigenvalue weighted by Gasteiger charge is 2.25. The summed E-state index contributed by atoms with van der Waals surface area (Å²) in [5, 5.41) is 0. The molecule has 0 saturated carbocycles. The van der Waals surface area contributed by atoms with E-state index >= 15 is 0 Å². The number of fused-ring (bicyclic) bond motifs is 1. The van der Waals surface area contributed by atoms with Gasteiger partial charge < -0.3 is 10.6 Å². The van der Waals surface area contributed by atoms with E-state index in [4.69, 9.17) is 5.73 Å². The minimum Gasteiger partial charge on any atom is -0.398 e. The zero-order chi connectivity index (χ0) is 13.4. The Kier molecular flexibility index (Phi) is 3.24. The Labute approximate surface area is 120 Å². The van der Waals surface area contributed by atoms with E-state index in [0.717, 1.165) is 27.7 Å². The monoisotopic (exact) mass is 290 g/mol. The average molecular weight is 290 g/mol. The molecular formula is C14H14N2OS2. The van der Waals surface area contributed by atoms with Crippen molar-refractivity contribution in [3.05, 3.63) is 40.1 Å². The fraction of sp³-hybridized carbons (Fsp3) is 0.214. The lowest BCUT2D eigenvalue weighted by Crippen LogP contribution is -2.34. The van der Waals surface area contributed by atoms with Gasteiger partial charge in [0, 0.05) is 27.8 Å². The van der Waals surface area contributed by atoms with Gasteiger partial charge in [-0.05, 0) is 25.1 Å². The van der Waals surface area contributed by atoms with E-state index in [1.165, 1.54) is 16.2 Å². The second kappa shape index (κ2) is 4.90. The van der Waals surface area contributed by atoms with Gasteiger partial charge in [-0.1, -0.05) is 12.1 Å². The Bertz CT molecular complexity index is 617. The third-order valence-electron chi connectivity index (χ3n) is 3.14. The summed E-state index contributed by atoms with van der Waals surface area (Å²) < 4.78 is 0. The molecule has 2 N–H and O–H groups in total. The maximum absolute atomic E-state index is 12.6. The van der Waals surface area contributed by atoms with E-state index in [1.807, 2.05) is 30.0 Å². The first-order chi connectivity index (χ1) is 9.16. The van der Waals surface area contributed by atoms with Crippen molar-refractivity contribution < 1.29 is 4.79 Å². The Morgan fingerprint density at radius 2 is 2.16 bits per heavy atom. The first-order valence-electron chi connectivity index (χ1n) is 6.06. The summed E-state index contributed by atoms with van der Waals surface area (Å²) in [6.07, 6.45) is 0. The van der Waals surface area contributed by atoms with E-state index in [2.05, 4.69) is 6.07 Å². The fourth-order valence-electron chi connectivity index (χ4n) is 2.12. The molecule has 0 bridgehead atoms. The Hall–Kier alpha value is -1.46. The number of carbonyl (C=O) groups excluding carboxylic acids is 1. The van der Waals surface area contributed by atoms with Gasteiger partial charge in [0.1, 0.15) is 0 Å². The Morgan fingerprint density at radius 1 is 1.37 bits per heavy atom. The van der Waals surface area contributed by atoms with Gasteiger partial charge in [-0.15, -0.1) is 23.1 Å². The summed E-state index contributed by atoms with van der Waals surface area (Å²) in [5.41, 5.74) is 7.55. The number of hydrogen-bond acceptors (Lipinski definition) is 4. The van der Waals surface area contributed by atoms with Crippen LogP contribution in [0.3, 0.4) is 0 Å². The second-order valence-electron chi connectivity index (χ2n) is 4.40. The molecule has 3 nitrogen and oxygen atoms in total. The Morgan fingerprint density at radius 3 is 2.89 bits per heavy atom. The van der Waals surface area contributed by atoms with Crippen molar-refractivity contribution >= 4 is 40.4 Å². The lowest BCUT2D eigenvalue weighted by molar-refractivity contribution is 0.0991. The molecule has 1 aliphatic rings. The van der Waals surface area contributed by atoms with Gasteiger partial charge in [-0.3, -0.25) is 4.79 Å². The molecule has 0 atom stereocenters. The molecule has 0 spiro atoms. The highest BCUT2D eigenvalue weighted by molar-refractivity contribution is 7.99. The van der Waals surface area contributed by atoms with Crippen LogP contribution in [0.4, 0.5) is 11.4 Å². The van der Waals surface area contributed by atoms with Gasteiger partial charge in [0.15, 0.2) is 0 Å². The average Bonchev–Trinajstić information content (AvgIpc) is 2.77. The maximum Gasteiger partial charge on any atom is 0.268 e. The van der Waals surface area contributed by atoms with Crippen molar-refractivity contribution in [1.29, 1.82) is 0 Å². The SMILES string of the molecule is Cc1sc(C(=O)N2CCSc3ccccc32)cc1N. The number of nitrogen functional groups attached to an aromatic ring is 1. The molecule has 1 aliphatic heterocycles. The summed E-state index contributed by atoms with van der Waals surface area (Å²) in [6.45, 7) is 2.69. The molecule has 0 saturated heterocycles. The highest BCUT2D eigenvalue weighted by atomic mass is 32.2. The van der Waals surface area contributed by atoms with Gasteiger partial charge in [0.05, 0.1) is 10.6 Å². The van der Waals surface area contributed by atoms with Crippen LogP contribution in [0.25, 0.3) is 0 Å². The summed E-state index contributed by atoms with van der Waals surface area (Å²) in [7, 11) is 0. The third kappa shape index (κ3) is 2.24. The van der Waals surface area contributed by atoms with Crippen LogP contribution in [-0.2, 0) is 0 Å². The molecule has 5 heteroatoms. The maximum atomic E-state index is 12.6. The highest BCUT2D eigenvalue weighted by Crippen LogP contribution is 2.36. The summed E-state index contributed by atoms with van der Waals surface area (Å²) >= 11 is 3.27. The van der Waals surface area contributed by atoms with E-state index in [0.29, 0.717) is 5.69 Å². The smallest absolute Gasteiger partial charge is 0.268 e. The Balaban J connectivity index is 1.97. The lowest BCUT2D eigenvalue weighted by Gasteiger charge is -2.28. The number of thiophene rings is 1. The molecule has 0 unspecified atom stereocenters. The molecular weight excluding hydrogens is 276 g/mol. The van der Waals surface area contributed by atoms with Crippen LogP contribution in [0.2, 0.25) is 0 Å². The number of anilines is 2. The second-order valence-corrected chi connectivity index (χ2v) is 6.79. The van der Waals surface area contributed by atoms with Crippen LogP contribution >= 0.6 is 23.1 Å². The predicted octanol–water partition coefficient (Wildman–Crippen LogP) is 3.39. The van der Waals surface area contributed by atoms with Gasteiger partial charge >= 0.3 is 0 Å². The minimum absolute atomic E-state index is 0.0533. The fourth-order valence-corrected chi connectivity index (χ4v) is 4.00. The van der Waals surface area contributed by atoms with Crippen LogP contribution in [-0.4, -0.2) is 18.2 Å². The molecule has 0 aliphatic carbocycles. The zero-order valence-corrected chi connectivity index (χ0v) is 12.2. The van der Waals surface area contributed by atoms with E-state index in [9.17, 15) is 4.79 Å². The van der Waals surface area contributed by atoms with Crippen LogP contribution in [0.1, 0.15) is 14.5 Å². The number of nitrogens with two attached hydrogens (primary N) is 1. The van der Waals surface area contributed by atoms with Crippen LogP contribution < -0.4 is 10.6 Å². The van der Waals surface area contributed by atoms with Crippen LogP contribution in [0.15, 0.2) is 35.2 Å². The molecule has 0 fully saturated rings. The predicted molar refractivity (Wildman–Crippen MR) is 82.3 cm³/mol. The van der Waals surface area contributed by atoms with Crippen LogP contribution in [0.5, 0.6) is 0 Å². The molecule has 19 heavy (non-hydrogen) atoms. The number of benzene rings is 1. The van der Waals surface area contributed by atoms with Crippen molar-refractivity contribution in [3.63, 3.8) is 0 Å². The van der Waals surface area contributed by atoms with Crippen molar-refractivity contribution in [2.24, 2.45) is 0 Å². The van der Waals surface area contributed by atoms with Gasteiger partial charge in [-0.2, -0.15) is 0 Å². The van der Waals surface area contributed by atoms with Crippen LogP contribution in [0, 0.1) is 6.92 Å². The molecule has 1 aromatic carbocycles. The number of para-hydroxylation sites is 1. The zero-order valence-electron chi connectivity index (χ0n) is 10.6. The largest absolute Gasteiger partial charge is 0.398 e. The normalized spacial score (nSPS) is 14.3. The van der Waals surface area contributed by atoms with Crippen molar-refractivity contribution in [2.75, 3.05) is 22.9 Å². The van der Waals surface area contributed by atoms with E-state index in [1.54, 1.807) is 17.8 Å². The number of carbonyl (C=O) groups is 1. The van der Waals surface area contributed by atoms with Crippen molar-refractivity contribution in [2.45, 2.75) is 11.8 Å². The van der Waals surface area contributed by atoms with Gasteiger partial charge in [0.25, 0.3) is 5.91 Å². The first-order valence-corrected chi connectivity index (χ1v) is 7.86. The molecule has 1 amide bonds. The minimum atomic E-state index is 0.0533. The number of amides is 1.